The van der Waals surface area contributed by atoms with Gasteiger partial charge in [-0.25, -0.2) is 0 Å². The number of allylic oxidation sites excluding steroid dienone is 2. The lowest BCUT2D eigenvalue weighted by molar-refractivity contribution is -0.139. The molecule has 0 aliphatic rings. The van der Waals surface area contributed by atoms with Crippen molar-refractivity contribution in [2.24, 2.45) is 5.92 Å². The first-order valence-corrected chi connectivity index (χ1v) is 4.95. The fourth-order valence-electron chi connectivity index (χ4n) is 1.30. The van der Waals surface area contributed by atoms with Crippen LogP contribution >= 0.6 is 0 Å². The van der Waals surface area contributed by atoms with E-state index in [1.165, 1.54) is 6.20 Å². The molecule has 84 valence electrons. The zero-order valence-corrected chi connectivity index (χ0v) is 8.96. The summed E-state index contributed by atoms with van der Waals surface area (Å²) in [5.74, 6) is -2.54. The Balaban J connectivity index is 2.87. The second-order valence-electron chi connectivity index (χ2n) is 3.30. The van der Waals surface area contributed by atoms with E-state index in [2.05, 4.69) is 4.98 Å². The predicted octanol–water partition coefficient (Wildman–Crippen LogP) is 1.93. The van der Waals surface area contributed by atoms with Crippen LogP contribution in [-0.2, 0) is 4.79 Å². The van der Waals surface area contributed by atoms with Gasteiger partial charge in [0.05, 0.1) is 0 Å². The van der Waals surface area contributed by atoms with E-state index in [1.54, 1.807) is 37.4 Å². The number of hydrogen-bond donors (Lipinski definition) is 1. The Morgan fingerprint density at radius 1 is 1.56 bits per heavy atom. The van der Waals surface area contributed by atoms with Gasteiger partial charge in [0, 0.05) is 18.0 Å². The summed E-state index contributed by atoms with van der Waals surface area (Å²) in [5, 5.41) is 8.96. The molecule has 0 aliphatic carbocycles. The van der Waals surface area contributed by atoms with Crippen LogP contribution in [0.15, 0.2) is 36.7 Å². The molecule has 0 saturated heterocycles. The van der Waals surface area contributed by atoms with Crippen molar-refractivity contribution in [2.75, 3.05) is 0 Å². The van der Waals surface area contributed by atoms with Gasteiger partial charge in [0.15, 0.2) is 5.78 Å². The molecule has 1 atom stereocenters. The Labute approximate surface area is 93.6 Å². The zero-order valence-electron chi connectivity index (χ0n) is 8.96. The number of ketones is 1. The third-order valence-corrected chi connectivity index (χ3v) is 2.17. The van der Waals surface area contributed by atoms with Crippen LogP contribution in [0.3, 0.4) is 0 Å². The van der Waals surface area contributed by atoms with Crippen LogP contribution in [-0.4, -0.2) is 21.8 Å². The van der Waals surface area contributed by atoms with Crippen LogP contribution in [0.1, 0.15) is 23.7 Å². The molecule has 1 unspecified atom stereocenters. The molecular weight excluding hydrogens is 206 g/mol. The molecule has 1 heterocycles. The number of pyridine rings is 1. The Kier molecular flexibility index (Phi) is 4.39. The van der Waals surface area contributed by atoms with E-state index in [9.17, 15) is 9.59 Å². The molecule has 1 N–H and O–H groups in total. The number of carboxylic acids is 1. The number of aromatic nitrogens is 1. The second kappa shape index (κ2) is 5.80. The average molecular weight is 219 g/mol. The van der Waals surface area contributed by atoms with Gasteiger partial charge >= 0.3 is 5.97 Å². The van der Waals surface area contributed by atoms with Crippen LogP contribution in [0.4, 0.5) is 0 Å². The standard InChI is InChI=1S/C12H13NO3/c1-2-3-6-10(12(15)16)11(14)9-5-4-7-13-8-9/h2-5,7-8,10H,6H2,1H3,(H,15,16). The number of rotatable bonds is 5. The monoisotopic (exact) mass is 219 g/mol. The minimum Gasteiger partial charge on any atom is -0.481 e. The molecule has 0 spiro atoms. The molecule has 0 bridgehead atoms. The van der Waals surface area contributed by atoms with Crippen LogP contribution < -0.4 is 0 Å². The largest absolute Gasteiger partial charge is 0.481 e. The van der Waals surface area contributed by atoms with Gasteiger partial charge in [-0.2, -0.15) is 0 Å². The van der Waals surface area contributed by atoms with Crippen molar-refractivity contribution in [3.8, 4) is 0 Å². The fraction of sp³-hybridized carbons (Fsp3) is 0.250. The molecular formula is C12H13NO3. The number of aliphatic carboxylic acids is 1. The van der Waals surface area contributed by atoms with Crippen molar-refractivity contribution in [1.82, 2.24) is 4.98 Å². The van der Waals surface area contributed by atoms with Gasteiger partial charge < -0.3 is 5.11 Å². The molecule has 1 rings (SSSR count). The molecule has 0 amide bonds. The Morgan fingerprint density at radius 3 is 2.81 bits per heavy atom. The summed E-state index contributed by atoms with van der Waals surface area (Å²) in [6.45, 7) is 1.79. The molecule has 0 aromatic carbocycles. The fourth-order valence-corrected chi connectivity index (χ4v) is 1.30. The highest BCUT2D eigenvalue weighted by Crippen LogP contribution is 2.13. The highest BCUT2D eigenvalue weighted by atomic mass is 16.4. The number of carbonyl (C=O) groups is 2. The van der Waals surface area contributed by atoms with E-state index in [1.807, 2.05) is 0 Å². The lowest BCUT2D eigenvalue weighted by Crippen LogP contribution is -2.23. The van der Waals surface area contributed by atoms with Crippen molar-refractivity contribution in [3.05, 3.63) is 42.2 Å². The smallest absolute Gasteiger partial charge is 0.314 e. The highest BCUT2D eigenvalue weighted by molar-refractivity contribution is 6.08. The van der Waals surface area contributed by atoms with Gasteiger partial charge in [0.1, 0.15) is 5.92 Å². The first-order chi connectivity index (χ1) is 7.66. The number of nitrogens with zero attached hydrogens (tertiary/aromatic N) is 1. The van der Waals surface area contributed by atoms with Crippen LogP contribution in [0.2, 0.25) is 0 Å². The summed E-state index contributed by atoms with van der Waals surface area (Å²) < 4.78 is 0. The Morgan fingerprint density at radius 2 is 2.31 bits per heavy atom. The minimum atomic E-state index is -1.10. The SMILES string of the molecule is CC=CCC(C(=O)O)C(=O)c1cccnc1. The van der Waals surface area contributed by atoms with E-state index in [-0.39, 0.29) is 6.42 Å². The van der Waals surface area contributed by atoms with Crippen molar-refractivity contribution in [2.45, 2.75) is 13.3 Å². The van der Waals surface area contributed by atoms with Gasteiger partial charge in [-0.15, -0.1) is 0 Å². The average Bonchev–Trinajstić information content (AvgIpc) is 2.30. The van der Waals surface area contributed by atoms with Crippen molar-refractivity contribution in [1.29, 1.82) is 0 Å². The number of Topliss-reactive ketones (excluding diaryl/α,β-unsaturated/α-hetero) is 1. The van der Waals surface area contributed by atoms with Gasteiger partial charge in [0.25, 0.3) is 0 Å². The summed E-state index contributed by atoms with van der Waals surface area (Å²) in [6.07, 6.45) is 6.53. The molecule has 0 radical (unpaired) electrons. The van der Waals surface area contributed by atoms with Gasteiger partial charge in [-0.05, 0) is 25.5 Å². The maximum atomic E-state index is 11.8. The number of carbonyl (C=O) groups excluding carboxylic acids is 1. The Hall–Kier alpha value is -1.97. The van der Waals surface area contributed by atoms with Crippen LogP contribution in [0.5, 0.6) is 0 Å². The maximum absolute atomic E-state index is 11.8. The summed E-state index contributed by atoms with van der Waals surface area (Å²) in [4.78, 5) is 26.6. The summed E-state index contributed by atoms with van der Waals surface area (Å²) >= 11 is 0. The minimum absolute atomic E-state index is 0.208. The molecule has 4 nitrogen and oxygen atoms in total. The molecule has 1 aromatic rings. The van der Waals surface area contributed by atoms with Gasteiger partial charge in [-0.1, -0.05) is 12.2 Å². The van der Waals surface area contributed by atoms with Crippen molar-refractivity contribution < 1.29 is 14.7 Å². The maximum Gasteiger partial charge on any atom is 0.314 e. The molecule has 16 heavy (non-hydrogen) atoms. The zero-order chi connectivity index (χ0) is 12.0. The van der Waals surface area contributed by atoms with E-state index in [0.29, 0.717) is 5.56 Å². The highest BCUT2D eigenvalue weighted by Gasteiger charge is 2.25. The number of hydrogen-bond acceptors (Lipinski definition) is 3. The molecule has 0 aliphatic heterocycles. The van der Waals surface area contributed by atoms with Gasteiger partial charge in [0.2, 0.25) is 0 Å². The van der Waals surface area contributed by atoms with E-state index >= 15 is 0 Å². The van der Waals surface area contributed by atoms with Crippen LogP contribution in [0, 0.1) is 5.92 Å². The molecule has 4 heteroatoms. The summed E-state index contributed by atoms with van der Waals surface area (Å²) in [7, 11) is 0. The lowest BCUT2D eigenvalue weighted by Gasteiger charge is -2.08. The molecule has 0 fully saturated rings. The third kappa shape index (κ3) is 3.02. The number of carboxylic acid groups (broad SMARTS) is 1. The van der Waals surface area contributed by atoms with Gasteiger partial charge in [-0.3, -0.25) is 14.6 Å². The van der Waals surface area contributed by atoms with E-state index in [4.69, 9.17) is 5.11 Å². The normalized spacial score (nSPS) is 12.6. The quantitative estimate of drug-likeness (QED) is 0.467. The van der Waals surface area contributed by atoms with Crippen LogP contribution in [0.25, 0.3) is 0 Å². The first-order valence-electron chi connectivity index (χ1n) is 4.95. The molecule has 0 saturated carbocycles. The second-order valence-corrected chi connectivity index (χ2v) is 3.30. The lowest BCUT2D eigenvalue weighted by atomic mass is 9.95. The van der Waals surface area contributed by atoms with E-state index in [0.717, 1.165) is 0 Å². The summed E-state index contributed by atoms with van der Waals surface area (Å²) in [5.41, 5.74) is 0.333. The predicted molar refractivity (Wildman–Crippen MR) is 59.1 cm³/mol. The Bertz CT molecular complexity index is 398. The van der Waals surface area contributed by atoms with E-state index < -0.39 is 17.7 Å². The van der Waals surface area contributed by atoms with Crippen molar-refractivity contribution in [3.63, 3.8) is 0 Å². The first kappa shape index (κ1) is 12.1. The summed E-state index contributed by atoms with van der Waals surface area (Å²) in [6, 6.07) is 3.18. The third-order valence-electron chi connectivity index (χ3n) is 2.17. The topological polar surface area (TPSA) is 67.3 Å². The van der Waals surface area contributed by atoms with Crippen molar-refractivity contribution >= 4 is 11.8 Å². The molecule has 1 aromatic heterocycles.